The van der Waals surface area contributed by atoms with Crippen molar-refractivity contribution >= 4 is 40.0 Å². The maximum Gasteiger partial charge on any atom is 0.273 e. The van der Waals surface area contributed by atoms with Gasteiger partial charge >= 0.3 is 0 Å². The molecule has 1 amide bonds. The lowest BCUT2D eigenvalue weighted by molar-refractivity contribution is 0.0502. The maximum absolute atomic E-state index is 15.5. The summed E-state index contributed by atoms with van der Waals surface area (Å²) in [5.41, 5.74) is 1.82. The molecule has 3 heterocycles. The molecule has 3 aromatic heterocycles. The standard InChI is InChI=1S/C30H28FN5O3S2/c1-38-19-39-23-12-6-5-11-21(23)22(20-9-3-2-4-10-20)17-34-29(37)28-27(31)24(14-16-33-28)40-26-18-35-30(41-26)36-25-13-7-8-15-32-25/h2-3,5-9,11-16,18,22H,4,10,17,19H2,1H3,(H,34,37)(H,32,35,36). The van der Waals surface area contributed by atoms with Gasteiger partial charge in [-0.1, -0.05) is 71.2 Å². The number of carbonyl (C=O) groups is 1. The molecular weight excluding hydrogens is 561 g/mol. The molecule has 2 N–H and O–H groups in total. The van der Waals surface area contributed by atoms with Crippen LogP contribution in [-0.2, 0) is 4.74 Å². The number of amides is 1. The van der Waals surface area contributed by atoms with Gasteiger partial charge in [0.05, 0.1) is 15.3 Å². The molecule has 0 aliphatic heterocycles. The van der Waals surface area contributed by atoms with E-state index in [-0.39, 0.29) is 29.8 Å². The zero-order chi connectivity index (χ0) is 28.4. The number of benzene rings is 1. The smallest absolute Gasteiger partial charge is 0.273 e. The molecule has 210 valence electrons. The summed E-state index contributed by atoms with van der Waals surface area (Å²) >= 11 is 2.55. The molecular formula is C30H28FN5O3S2. The molecule has 0 fully saturated rings. The first kappa shape index (κ1) is 28.5. The largest absolute Gasteiger partial charge is 0.467 e. The number of nitrogens with zero attached hydrogens (tertiary/aromatic N) is 3. The van der Waals surface area contributed by atoms with Crippen LogP contribution in [0.5, 0.6) is 5.75 Å². The third-order valence-corrected chi connectivity index (χ3v) is 8.30. The average Bonchev–Trinajstić information content (AvgIpc) is 3.45. The van der Waals surface area contributed by atoms with E-state index in [1.165, 1.54) is 29.3 Å². The van der Waals surface area contributed by atoms with Crippen molar-refractivity contribution in [3.05, 3.63) is 108 Å². The minimum absolute atomic E-state index is 0.106. The van der Waals surface area contributed by atoms with Crippen molar-refractivity contribution in [1.82, 2.24) is 20.3 Å². The Bertz CT molecular complexity index is 1540. The molecule has 1 unspecified atom stereocenters. The Balaban J connectivity index is 1.30. The minimum Gasteiger partial charge on any atom is -0.467 e. The van der Waals surface area contributed by atoms with E-state index in [2.05, 4.69) is 37.7 Å². The Kier molecular flexibility index (Phi) is 9.74. The van der Waals surface area contributed by atoms with Gasteiger partial charge in [0, 0.05) is 37.5 Å². The first-order chi connectivity index (χ1) is 20.1. The van der Waals surface area contributed by atoms with Crippen LogP contribution < -0.4 is 15.4 Å². The summed E-state index contributed by atoms with van der Waals surface area (Å²) in [6.07, 6.45) is 12.7. The summed E-state index contributed by atoms with van der Waals surface area (Å²) < 4.78 is 27.2. The maximum atomic E-state index is 15.5. The number of hydrogen-bond donors (Lipinski definition) is 2. The number of allylic oxidation sites excluding steroid dienone is 3. The second-order valence-corrected chi connectivity index (χ2v) is 11.3. The minimum atomic E-state index is -0.678. The second-order valence-electron chi connectivity index (χ2n) is 8.96. The SMILES string of the molecule is COCOc1ccccc1C(CNC(=O)c1nccc(Sc2cnc(Nc3ccccn3)s2)c1F)C1=CC=CCC1. The summed E-state index contributed by atoms with van der Waals surface area (Å²) in [5, 5.41) is 6.67. The molecule has 4 aromatic rings. The van der Waals surface area contributed by atoms with E-state index in [1.54, 1.807) is 25.6 Å². The van der Waals surface area contributed by atoms with Crippen molar-refractivity contribution in [3.8, 4) is 5.75 Å². The van der Waals surface area contributed by atoms with E-state index >= 15 is 4.39 Å². The Morgan fingerprint density at radius 1 is 1.12 bits per heavy atom. The van der Waals surface area contributed by atoms with Gasteiger partial charge in [0.15, 0.2) is 23.4 Å². The number of thiazole rings is 1. The quantitative estimate of drug-likeness (QED) is 0.175. The van der Waals surface area contributed by atoms with E-state index in [0.29, 0.717) is 16.7 Å². The Morgan fingerprint density at radius 3 is 2.80 bits per heavy atom. The van der Waals surface area contributed by atoms with Crippen molar-refractivity contribution in [2.24, 2.45) is 0 Å². The highest BCUT2D eigenvalue weighted by Gasteiger charge is 2.24. The van der Waals surface area contributed by atoms with Crippen molar-refractivity contribution < 1.29 is 18.7 Å². The van der Waals surface area contributed by atoms with Crippen LogP contribution in [-0.4, -0.2) is 41.3 Å². The van der Waals surface area contributed by atoms with Gasteiger partial charge in [0.25, 0.3) is 5.91 Å². The number of nitrogens with one attached hydrogen (secondary N) is 2. The van der Waals surface area contributed by atoms with Gasteiger partial charge in [-0.25, -0.2) is 19.3 Å². The Labute approximate surface area is 245 Å². The summed E-state index contributed by atoms with van der Waals surface area (Å²) in [4.78, 5) is 26.1. The molecule has 8 nitrogen and oxygen atoms in total. The molecule has 1 aromatic carbocycles. The molecule has 0 saturated heterocycles. The normalized spacial score (nSPS) is 13.4. The predicted molar refractivity (Wildman–Crippen MR) is 158 cm³/mol. The van der Waals surface area contributed by atoms with Crippen LogP contribution in [0.1, 0.15) is 34.8 Å². The highest BCUT2D eigenvalue weighted by atomic mass is 32.2. The zero-order valence-electron chi connectivity index (χ0n) is 22.2. The molecule has 1 aliphatic rings. The van der Waals surface area contributed by atoms with E-state index in [0.717, 1.165) is 28.2 Å². The van der Waals surface area contributed by atoms with Crippen LogP contribution in [0.2, 0.25) is 0 Å². The van der Waals surface area contributed by atoms with Gasteiger partial charge in [-0.2, -0.15) is 0 Å². The molecule has 0 radical (unpaired) electrons. The van der Waals surface area contributed by atoms with E-state index in [1.807, 2.05) is 48.5 Å². The van der Waals surface area contributed by atoms with Crippen molar-refractivity contribution in [2.45, 2.75) is 27.9 Å². The molecule has 5 rings (SSSR count). The van der Waals surface area contributed by atoms with Crippen molar-refractivity contribution in [1.29, 1.82) is 0 Å². The lowest BCUT2D eigenvalue weighted by Gasteiger charge is -2.25. The van der Waals surface area contributed by atoms with Crippen LogP contribution >= 0.6 is 23.1 Å². The van der Waals surface area contributed by atoms with Crippen LogP contribution in [0.25, 0.3) is 0 Å². The van der Waals surface area contributed by atoms with Crippen LogP contribution in [0.4, 0.5) is 15.3 Å². The second kappa shape index (κ2) is 14.0. The summed E-state index contributed by atoms with van der Waals surface area (Å²) in [6, 6.07) is 14.8. The molecule has 0 spiro atoms. The fraction of sp³-hybridized carbons (Fsp3) is 0.200. The van der Waals surface area contributed by atoms with Gasteiger partial charge in [0.1, 0.15) is 11.6 Å². The summed E-state index contributed by atoms with van der Waals surface area (Å²) in [7, 11) is 1.57. The van der Waals surface area contributed by atoms with Gasteiger partial charge in [-0.3, -0.25) is 4.79 Å². The number of ether oxygens (including phenoxy) is 2. The number of aromatic nitrogens is 3. The molecule has 41 heavy (non-hydrogen) atoms. The molecule has 11 heteroatoms. The van der Waals surface area contributed by atoms with Crippen LogP contribution in [0.15, 0.2) is 100 Å². The first-order valence-corrected chi connectivity index (χ1v) is 14.6. The zero-order valence-corrected chi connectivity index (χ0v) is 23.9. The van der Waals surface area contributed by atoms with E-state index < -0.39 is 11.7 Å². The molecule has 0 bridgehead atoms. The number of hydrogen-bond acceptors (Lipinski definition) is 9. The number of halogens is 1. The highest BCUT2D eigenvalue weighted by Crippen LogP contribution is 2.37. The summed E-state index contributed by atoms with van der Waals surface area (Å²) in [5.74, 6) is -0.0894. The highest BCUT2D eigenvalue weighted by molar-refractivity contribution is 8.01. The molecule has 1 aliphatic carbocycles. The summed E-state index contributed by atoms with van der Waals surface area (Å²) in [6.45, 7) is 0.358. The lowest BCUT2D eigenvalue weighted by Crippen LogP contribution is -2.31. The van der Waals surface area contributed by atoms with Crippen LogP contribution in [0.3, 0.4) is 0 Å². The number of anilines is 2. The van der Waals surface area contributed by atoms with E-state index in [4.69, 9.17) is 9.47 Å². The average molecular weight is 590 g/mol. The fourth-order valence-corrected chi connectivity index (χ4v) is 6.20. The number of methoxy groups -OCH3 is 1. The number of carbonyl (C=O) groups excluding carboxylic acids is 1. The van der Waals surface area contributed by atoms with Gasteiger partial charge < -0.3 is 20.1 Å². The van der Waals surface area contributed by atoms with Gasteiger partial charge in [-0.05, 0) is 37.1 Å². The number of para-hydroxylation sites is 1. The predicted octanol–water partition coefficient (Wildman–Crippen LogP) is 6.74. The third-order valence-electron chi connectivity index (χ3n) is 6.25. The van der Waals surface area contributed by atoms with E-state index in [9.17, 15) is 4.79 Å². The van der Waals surface area contributed by atoms with Crippen molar-refractivity contribution in [2.75, 3.05) is 25.8 Å². The third kappa shape index (κ3) is 7.37. The molecule has 1 atom stereocenters. The van der Waals surface area contributed by atoms with Gasteiger partial charge in [-0.15, -0.1) is 0 Å². The lowest BCUT2D eigenvalue weighted by atomic mass is 9.85. The Morgan fingerprint density at radius 2 is 2.00 bits per heavy atom. The fourth-order valence-electron chi connectivity index (χ4n) is 4.34. The molecule has 0 saturated carbocycles. The van der Waals surface area contributed by atoms with Crippen LogP contribution in [0, 0.1) is 5.82 Å². The Hall–Kier alpha value is -4.06. The van der Waals surface area contributed by atoms with Gasteiger partial charge in [0.2, 0.25) is 0 Å². The number of rotatable bonds is 12. The number of pyridine rings is 2. The first-order valence-electron chi connectivity index (χ1n) is 12.9. The monoisotopic (exact) mass is 589 g/mol. The topological polar surface area (TPSA) is 98.3 Å². The van der Waals surface area contributed by atoms with Crippen molar-refractivity contribution in [3.63, 3.8) is 0 Å².